The van der Waals surface area contributed by atoms with Crippen molar-refractivity contribution >= 4 is 16.1 Å². The highest BCUT2D eigenvalue weighted by Gasteiger charge is 2.39. The monoisotopic (exact) mass is 497 g/mol. The third kappa shape index (κ3) is 5.39. The zero-order chi connectivity index (χ0) is 24.8. The summed E-state index contributed by atoms with van der Waals surface area (Å²) in [5.41, 5.74) is 0.919. The number of ether oxygens (including phenoxy) is 1. The molecule has 3 heterocycles. The molecule has 2 aromatic rings. The minimum absolute atomic E-state index is 0.0614. The van der Waals surface area contributed by atoms with E-state index in [4.69, 9.17) is 4.74 Å². The van der Waals surface area contributed by atoms with Crippen molar-refractivity contribution in [3.05, 3.63) is 52.9 Å². The highest BCUT2D eigenvalue weighted by molar-refractivity contribution is 7.89. The minimum Gasteiger partial charge on any atom is -0.444 e. The summed E-state index contributed by atoms with van der Waals surface area (Å²) in [6.45, 7) is 6.64. The lowest BCUT2D eigenvalue weighted by molar-refractivity contribution is 0.0445. The number of hydrogen-bond donors (Lipinski definition) is 2. The van der Waals surface area contributed by atoms with Gasteiger partial charge in [-0.2, -0.15) is 9.19 Å². The number of amides is 1. The normalized spacial score (nSPS) is 23.5. The van der Waals surface area contributed by atoms with Gasteiger partial charge in [0.05, 0.1) is 24.0 Å². The summed E-state index contributed by atoms with van der Waals surface area (Å²) in [4.78, 5) is 14.7. The van der Waals surface area contributed by atoms with Crippen LogP contribution in [0.3, 0.4) is 0 Å². The van der Waals surface area contributed by atoms with E-state index in [0.29, 0.717) is 31.7 Å². The van der Waals surface area contributed by atoms with E-state index in [0.717, 1.165) is 34.1 Å². The third-order valence-electron chi connectivity index (χ3n) is 5.94. The molecule has 1 aromatic heterocycles. The van der Waals surface area contributed by atoms with Crippen molar-refractivity contribution in [1.29, 1.82) is 0 Å². The molecule has 1 unspecified atom stereocenters. The number of nitrogens with one attached hydrogen (secondary N) is 2. The number of alkyl carbamates (subject to hydrolysis) is 1. The van der Waals surface area contributed by atoms with Crippen LogP contribution in [0.25, 0.3) is 0 Å². The standard InChI is InChI=1S/C22H29F2N5O4S/c1-22(2,3)33-21(30)26-18-8-15(9-25-20(18)16-7-14(23)5-6-17(16)24)28-10-13-11-29(34(4,31)32)27-19(13)12-28/h5-7,11,15,18,20,25H,8-10,12H2,1-4H3,(H,26,30)/t15-,18+,20?/m1/s1. The van der Waals surface area contributed by atoms with Gasteiger partial charge in [0, 0.05) is 43.0 Å². The number of piperidine rings is 1. The van der Waals surface area contributed by atoms with Gasteiger partial charge < -0.3 is 15.4 Å². The predicted octanol–water partition coefficient (Wildman–Crippen LogP) is 2.28. The Morgan fingerprint density at radius 3 is 2.65 bits per heavy atom. The van der Waals surface area contributed by atoms with Crippen molar-refractivity contribution in [3.8, 4) is 0 Å². The van der Waals surface area contributed by atoms with E-state index in [1.807, 2.05) is 0 Å². The van der Waals surface area contributed by atoms with Crippen molar-refractivity contribution in [2.75, 3.05) is 12.8 Å². The van der Waals surface area contributed by atoms with Gasteiger partial charge in [-0.25, -0.2) is 22.0 Å². The van der Waals surface area contributed by atoms with Gasteiger partial charge >= 0.3 is 6.09 Å². The Balaban J connectivity index is 1.53. The summed E-state index contributed by atoms with van der Waals surface area (Å²) in [6, 6.07) is 1.97. The van der Waals surface area contributed by atoms with Gasteiger partial charge in [-0.3, -0.25) is 4.90 Å². The number of fused-ring (bicyclic) bond motifs is 1. The number of nitrogens with zero attached hydrogens (tertiary/aromatic N) is 3. The van der Waals surface area contributed by atoms with Gasteiger partial charge in [0.2, 0.25) is 0 Å². The van der Waals surface area contributed by atoms with Crippen LogP contribution in [0, 0.1) is 11.6 Å². The minimum atomic E-state index is -3.46. The summed E-state index contributed by atoms with van der Waals surface area (Å²) in [5, 5.41) is 10.3. The zero-order valence-corrected chi connectivity index (χ0v) is 20.3. The van der Waals surface area contributed by atoms with Crippen LogP contribution in [0.4, 0.5) is 13.6 Å². The summed E-state index contributed by atoms with van der Waals surface area (Å²) in [5.74, 6) is -1.13. The SMILES string of the molecule is CC(C)(C)OC(=O)N[C@H]1C[C@@H](N2Cc3cn(S(C)(=O)=O)nc3C2)CNC1c1cc(F)ccc1F. The van der Waals surface area contributed by atoms with Crippen LogP contribution < -0.4 is 10.6 Å². The number of rotatable bonds is 4. The number of halogens is 2. The molecular weight excluding hydrogens is 468 g/mol. The van der Waals surface area contributed by atoms with Gasteiger partial charge in [-0.15, -0.1) is 0 Å². The van der Waals surface area contributed by atoms with Crippen molar-refractivity contribution in [2.45, 2.75) is 64.0 Å². The van der Waals surface area contributed by atoms with E-state index in [9.17, 15) is 22.0 Å². The number of hydrogen-bond acceptors (Lipinski definition) is 7. The summed E-state index contributed by atoms with van der Waals surface area (Å²) in [6.07, 6.45) is 2.41. The summed E-state index contributed by atoms with van der Waals surface area (Å²) in [7, 11) is -3.46. The van der Waals surface area contributed by atoms with Crippen LogP contribution in [0.2, 0.25) is 0 Å². The van der Waals surface area contributed by atoms with Crippen LogP contribution in [-0.4, -0.2) is 59.1 Å². The first-order valence-corrected chi connectivity index (χ1v) is 12.8. The predicted molar refractivity (Wildman–Crippen MR) is 120 cm³/mol. The Morgan fingerprint density at radius 1 is 1.26 bits per heavy atom. The second kappa shape index (κ2) is 8.90. The smallest absolute Gasteiger partial charge is 0.407 e. The fourth-order valence-electron chi connectivity index (χ4n) is 4.46. The first kappa shape index (κ1) is 24.6. The number of benzene rings is 1. The quantitative estimate of drug-likeness (QED) is 0.668. The van der Waals surface area contributed by atoms with E-state index in [1.54, 1.807) is 20.8 Å². The second-order valence-corrected chi connectivity index (χ2v) is 11.7. The van der Waals surface area contributed by atoms with E-state index in [2.05, 4.69) is 20.6 Å². The molecule has 9 nitrogen and oxygen atoms in total. The van der Waals surface area contributed by atoms with Crippen LogP contribution in [0.15, 0.2) is 24.4 Å². The lowest BCUT2D eigenvalue weighted by atomic mass is 9.89. The number of aromatic nitrogens is 2. The Hall–Kier alpha value is -2.57. The molecule has 3 atom stereocenters. The molecule has 0 spiro atoms. The molecule has 0 aliphatic carbocycles. The Bertz CT molecular complexity index is 1170. The molecule has 2 aliphatic heterocycles. The molecule has 34 heavy (non-hydrogen) atoms. The fourth-order valence-corrected chi connectivity index (χ4v) is 5.02. The van der Waals surface area contributed by atoms with Crippen molar-refractivity contribution < 1.29 is 26.7 Å². The maximum absolute atomic E-state index is 14.6. The topological polar surface area (TPSA) is 106 Å². The first-order chi connectivity index (χ1) is 15.8. The van der Waals surface area contributed by atoms with Gasteiger partial charge in [0.15, 0.2) is 0 Å². The van der Waals surface area contributed by atoms with Gasteiger partial charge in [0.25, 0.3) is 10.0 Å². The van der Waals surface area contributed by atoms with E-state index >= 15 is 0 Å². The number of carbonyl (C=O) groups excluding carboxylic acids is 1. The van der Waals surface area contributed by atoms with E-state index < -0.39 is 45.4 Å². The van der Waals surface area contributed by atoms with Crippen molar-refractivity contribution in [1.82, 2.24) is 24.7 Å². The summed E-state index contributed by atoms with van der Waals surface area (Å²) >= 11 is 0. The average molecular weight is 498 g/mol. The lowest BCUT2D eigenvalue weighted by Gasteiger charge is -2.41. The van der Waals surface area contributed by atoms with E-state index in [-0.39, 0.29) is 11.6 Å². The van der Waals surface area contributed by atoms with Crippen molar-refractivity contribution in [2.24, 2.45) is 0 Å². The zero-order valence-electron chi connectivity index (χ0n) is 19.5. The van der Waals surface area contributed by atoms with Gasteiger partial charge in [-0.05, 0) is 45.4 Å². The molecule has 12 heteroatoms. The third-order valence-corrected chi connectivity index (χ3v) is 6.80. The van der Waals surface area contributed by atoms with Gasteiger partial charge in [0.1, 0.15) is 17.2 Å². The van der Waals surface area contributed by atoms with Crippen LogP contribution >= 0.6 is 0 Å². The second-order valence-electron chi connectivity index (χ2n) is 9.84. The molecular formula is C22H29F2N5O4S. The van der Waals surface area contributed by atoms with Crippen LogP contribution in [-0.2, 0) is 27.8 Å². The molecule has 2 N–H and O–H groups in total. The molecule has 0 saturated carbocycles. The lowest BCUT2D eigenvalue weighted by Crippen LogP contribution is -2.57. The maximum atomic E-state index is 14.6. The molecule has 186 valence electrons. The Kier molecular flexibility index (Phi) is 6.42. The van der Waals surface area contributed by atoms with Crippen molar-refractivity contribution in [3.63, 3.8) is 0 Å². The van der Waals surface area contributed by atoms with Crippen LogP contribution in [0.1, 0.15) is 50.1 Å². The first-order valence-electron chi connectivity index (χ1n) is 11.0. The highest BCUT2D eigenvalue weighted by Crippen LogP contribution is 2.32. The number of carbonyl (C=O) groups is 1. The molecule has 0 radical (unpaired) electrons. The molecule has 1 saturated heterocycles. The Labute approximate surface area is 197 Å². The molecule has 1 fully saturated rings. The van der Waals surface area contributed by atoms with Crippen LogP contribution in [0.5, 0.6) is 0 Å². The highest BCUT2D eigenvalue weighted by atomic mass is 32.2. The van der Waals surface area contributed by atoms with E-state index in [1.165, 1.54) is 6.20 Å². The molecule has 4 rings (SSSR count). The fraction of sp³-hybridized carbons (Fsp3) is 0.545. The molecule has 1 aromatic carbocycles. The average Bonchev–Trinajstić information content (AvgIpc) is 3.28. The maximum Gasteiger partial charge on any atom is 0.407 e. The molecule has 1 amide bonds. The summed E-state index contributed by atoms with van der Waals surface area (Å²) < 4.78 is 58.4. The Morgan fingerprint density at radius 2 is 2.00 bits per heavy atom. The largest absolute Gasteiger partial charge is 0.444 e. The molecule has 0 bridgehead atoms. The van der Waals surface area contributed by atoms with Gasteiger partial charge in [-0.1, -0.05) is 0 Å². The molecule has 2 aliphatic rings.